The SMILES string of the molecule is CCCC(CCC)C(=O)N1CCC2(CC1)CSC1=C(O2)c2ccccc2C(=O)C1=O. The molecule has 1 aromatic carbocycles. The molecule has 0 radical (unpaired) electrons. The number of amides is 1. The van der Waals surface area contributed by atoms with E-state index in [4.69, 9.17) is 4.74 Å². The van der Waals surface area contributed by atoms with Crippen LogP contribution in [0.5, 0.6) is 0 Å². The van der Waals surface area contributed by atoms with Crippen LogP contribution in [0.25, 0.3) is 5.76 Å². The Hall–Kier alpha value is -2.08. The number of hydrogen-bond acceptors (Lipinski definition) is 5. The number of likely N-dealkylation sites (tertiary alicyclic amines) is 1. The average molecular weight is 428 g/mol. The lowest BCUT2D eigenvalue weighted by molar-refractivity contribution is -0.139. The maximum Gasteiger partial charge on any atom is 0.243 e. The van der Waals surface area contributed by atoms with Gasteiger partial charge in [0, 0.05) is 48.7 Å². The van der Waals surface area contributed by atoms with E-state index in [1.807, 2.05) is 17.0 Å². The van der Waals surface area contributed by atoms with Crippen LogP contribution < -0.4 is 0 Å². The predicted octanol–water partition coefficient (Wildman–Crippen LogP) is 4.46. The number of hydrogen-bond donors (Lipinski definition) is 0. The lowest BCUT2D eigenvalue weighted by Crippen LogP contribution is -2.52. The van der Waals surface area contributed by atoms with E-state index in [9.17, 15) is 14.4 Å². The molecule has 1 saturated heterocycles. The molecule has 2 aliphatic heterocycles. The molecule has 160 valence electrons. The lowest BCUT2D eigenvalue weighted by atomic mass is 9.89. The number of carbonyl (C=O) groups is 3. The molecule has 30 heavy (non-hydrogen) atoms. The Morgan fingerprint density at radius 2 is 1.70 bits per heavy atom. The molecule has 6 heteroatoms. The van der Waals surface area contributed by atoms with Gasteiger partial charge in [-0.3, -0.25) is 14.4 Å². The Kier molecular flexibility index (Phi) is 6.05. The Labute approximate surface area is 182 Å². The molecule has 0 aromatic heterocycles. The first-order valence-corrected chi connectivity index (χ1v) is 12.0. The van der Waals surface area contributed by atoms with E-state index in [0.717, 1.165) is 38.5 Å². The minimum Gasteiger partial charge on any atom is -0.484 e. The number of benzene rings is 1. The number of carbonyl (C=O) groups excluding carboxylic acids is 3. The molecule has 1 aromatic rings. The molecule has 3 aliphatic rings. The summed E-state index contributed by atoms with van der Waals surface area (Å²) in [5.41, 5.74) is 0.751. The third kappa shape index (κ3) is 3.70. The molecule has 0 N–H and O–H groups in total. The number of piperidine rings is 1. The fourth-order valence-corrected chi connectivity index (χ4v) is 6.00. The summed E-state index contributed by atoms with van der Waals surface area (Å²) >= 11 is 1.44. The highest BCUT2D eigenvalue weighted by atomic mass is 32.2. The summed E-state index contributed by atoms with van der Waals surface area (Å²) in [6.45, 7) is 5.63. The van der Waals surface area contributed by atoms with Gasteiger partial charge in [0.05, 0.1) is 0 Å². The third-order valence-electron chi connectivity index (χ3n) is 6.44. The van der Waals surface area contributed by atoms with Gasteiger partial charge < -0.3 is 9.64 Å². The van der Waals surface area contributed by atoms with E-state index >= 15 is 0 Å². The molecular weight excluding hydrogens is 398 g/mol. The zero-order valence-corrected chi connectivity index (χ0v) is 18.6. The van der Waals surface area contributed by atoms with Gasteiger partial charge in [0.1, 0.15) is 16.3 Å². The molecule has 2 heterocycles. The molecule has 0 unspecified atom stereocenters. The lowest BCUT2D eigenvalue weighted by Gasteiger charge is -2.45. The van der Waals surface area contributed by atoms with Crippen molar-refractivity contribution >= 4 is 35.0 Å². The molecule has 1 aliphatic carbocycles. The van der Waals surface area contributed by atoms with Crippen molar-refractivity contribution in [2.75, 3.05) is 18.8 Å². The zero-order chi connectivity index (χ0) is 21.3. The van der Waals surface area contributed by atoms with Crippen molar-refractivity contribution in [2.24, 2.45) is 5.92 Å². The van der Waals surface area contributed by atoms with Gasteiger partial charge >= 0.3 is 0 Å². The van der Waals surface area contributed by atoms with E-state index in [0.29, 0.717) is 40.6 Å². The van der Waals surface area contributed by atoms with Crippen LogP contribution in [0.3, 0.4) is 0 Å². The second-order valence-corrected chi connectivity index (χ2v) is 9.52. The summed E-state index contributed by atoms with van der Waals surface area (Å²) < 4.78 is 6.50. The Morgan fingerprint density at radius 3 is 2.33 bits per heavy atom. The number of rotatable bonds is 5. The molecule has 4 rings (SSSR count). The van der Waals surface area contributed by atoms with Crippen LogP contribution in [0.4, 0.5) is 0 Å². The first kappa shape index (κ1) is 21.2. The van der Waals surface area contributed by atoms with E-state index < -0.39 is 11.6 Å². The van der Waals surface area contributed by atoms with Crippen molar-refractivity contribution in [1.82, 2.24) is 4.90 Å². The smallest absolute Gasteiger partial charge is 0.243 e. The maximum atomic E-state index is 13.0. The number of ether oxygens (including phenoxy) is 1. The first-order chi connectivity index (χ1) is 14.5. The topological polar surface area (TPSA) is 63.7 Å². The van der Waals surface area contributed by atoms with Crippen LogP contribution in [0.1, 0.15) is 68.3 Å². The van der Waals surface area contributed by atoms with Crippen LogP contribution in [0.15, 0.2) is 29.2 Å². The van der Waals surface area contributed by atoms with Gasteiger partial charge in [-0.15, -0.1) is 11.8 Å². The van der Waals surface area contributed by atoms with Gasteiger partial charge in [-0.2, -0.15) is 0 Å². The fourth-order valence-electron chi connectivity index (χ4n) is 4.74. The van der Waals surface area contributed by atoms with Gasteiger partial charge in [-0.05, 0) is 12.8 Å². The number of nitrogens with zero attached hydrogens (tertiary/aromatic N) is 1. The third-order valence-corrected chi connectivity index (χ3v) is 7.77. The number of thioether (sulfide) groups is 1. The molecule has 1 fully saturated rings. The van der Waals surface area contributed by atoms with Crippen LogP contribution in [-0.4, -0.2) is 46.8 Å². The summed E-state index contributed by atoms with van der Waals surface area (Å²) in [6.07, 6.45) is 5.44. The van der Waals surface area contributed by atoms with Crippen molar-refractivity contribution in [3.05, 3.63) is 40.3 Å². The van der Waals surface area contributed by atoms with E-state index in [1.165, 1.54) is 11.8 Å². The maximum absolute atomic E-state index is 13.0. The van der Waals surface area contributed by atoms with Gasteiger partial charge in [0.2, 0.25) is 17.5 Å². The number of ketones is 2. The highest BCUT2D eigenvalue weighted by Crippen LogP contribution is 2.47. The number of allylic oxidation sites excluding steroid dienone is 1. The highest BCUT2D eigenvalue weighted by molar-refractivity contribution is 8.04. The molecule has 0 bridgehead atoms. The van der Waals surface area contributed by atoms with E-state index in [-0.39, 0.29) is 17.4 Å². The molecular formula is C24H29NO4S. The quantitative estimate of drug-likeness (QED) is 0.649. The molecule has 5 nitrogen and oxygen atoms in total. The Bertz CT molecular complexity index is 892. The highest BCUT2D eigenvalue weighted by Gasteiger charge is 2.46. The van der Waals surface area contributed by atoms with Gasteiger partial charge in [0.25, 0.3) is 0 Å². The standard InChI is InChI=1S/C24H29NO4S/c1-3-7-16(8-4-2)23(28)25-13-11-24(12-14-25)15-30-22-20(27)19(26)17-9-5-6-10-18(17)21(22)29-24/h5-6,9-10,16H,3-4,7-8,11-15H2,1-2H3. The zero-order valence-electron chi connectivity index (χ0n) is 17.7. The fraction of sp³-hybridized carbons (Fsp3) is 0.542. The normalized spacial score (nSPS) is 20.3. The second kappa shape index (κ2) is 8.58. The largest absolute Gasteiger partial charge is 0.484 e. The summed E-state index contributed by atoms with van der Waals surface area (Å²) in [5.74, 6) is 0.691. The number of fused-ring (bicyclic) bond motifs is 2. The molecule has 1 spiro atoms. The Balaban J connectivity index is 1.50. The first-order valence-electron chi connectivity index (χ1n) is 11.0. The van der Waals surface area contributed by atoms with Gasteiger partial charge in [0.15, 0.2) is 0 Å². The summed E-state index contributed by atoms with van der Waals surface area (Å²) in [4.78, 5) is 40.5. The molecule has 1 amide bonds. The minimum atomic E-state index is -0.460. The van der Waals surface area contributed by atoms with Crippen LogP contribution in [0.2, 0.25) is 0 Å². The minimum absolute atomic E-state index is 0.124. The molecule has 0 atom stereocenters. The van der Waals surface area contributed by atoms with Crippen LogP contribution in [0, 0.1) is 5.92 Å². The second-order valence-electron chi connectivity index (χ2n) is 8.54. The number of Topliss-reactive ketones (excluding diaryl/α,β-unsaturated/α-hetero) is 2. The van der Waals surface area contributed by atoms with Crippen molar-refractivity contribution in [3.8, 4) is 0 Å². The summed E-state index contributed by atoms with van der Waals surface area (Å²) in [5, 5.41) is 0. The van der Waals surface area contributed by atoms with Gasteiger partial charge in [-0.25, -0.2) is 0 Å². The Morgan fingerprint density at radius 1 is 1.07 bits per heavy atom. The average Bonchev–Trinajstić information content (AvgIpc) is 2.77. The van der Waals surface area contributed by atoms with Crippen molar-refractivity contribution < 1.29 is 19.1 Å². The predicted molar refractivity (Wildman–Crippen MR) is 118 cm³/mol. The van der Waals surface area contributed by atoms with Crippen LogP contribution in [-0.2, 0) is 14.3 Å². The van der Waals surface area contributed by atoms with Gasteiger partial charge in [-0.1, -0.05) is 51.0 Å². The van der Waals surface area contributed by atoms with Crippen molar-refractivity contribution in [2.45, 2.75) is 58.0 Å². The van der Waals surface area contributed by atoms with Crippen LogP contribution >= 0.6 is 11.8 Å². The molecule has 0 saturated carbocycles. The monoisotopic (exact) mass is 427 g/mol. The van der Waals surface area contributed by atoms with Crippen molar-refractivity contribution in [3.63, 3.8) is 0 Å². The van der Waals surface area contributed by atoms with Crippen molar-refractivity contribution in [1.29, 1.82) is 0 Å². The van der Waals surface area contributed by atoms with E-state index in [1.54, 1.807) is 12.1 Å². The summed E-state index contributed by atoms with van der Waals surface area (Å²) in [6, 6.07) is 7.18. The summed E-state index contributed by atoms with van der Waals surface area (Å²) in [7, 11) is 0. The van der Waals surface area contributed by atoms with E-state index in [2.05, 4.69) is 13.8 Å².